The zero-order valence-electron chi connectivity index (χ0n) is 21.7. The molecule has 0 fully saturated rings. The van der Waals surface area contributed by atoms with Gasteiger partial charge in [0.15, 0.2) is 0 Å². The number of nitrogens with zero attached hydrogens (tertiary/aromatic N) is 2. The Hall–Kier alpha value is -2.88. The average molecular weight is 621 g/mol. The van der Waals surface area contributed by atoms with Crippen molar-refractivity contribution in [1.29, 1.82) is 0 Å². The van der Waals surface area contributed by atoms with Gasteiger partial charge in [0.05, 0.1) is 10.6 Å². The van der Waals surface area contributed by atoms with Crippen LogP contribution in [0, 0.1) is 0 Å². The maximum Gasteiger partial charge on any atom is 0.264 e. The summed E-state index contributed by atoms with van der Waals surface area (Å²) >= 11 is 9.38. The number of para-hydroxylation sites is 1. The lowest BCUT2D eigenvalue weighted by molar-refractivity contribution is -0.140. The van der Waals surface area contributed by atoms with E-state index in [9.17, 15) is 18.0 Å². The molecule has 3 rings (SSSR count). The fourth-order valence-corrected chi connectivity index (χ4v) is 5.50. The summed E-state index contributed by atoms with van der Waals surface area (Å²) in [4.78, 5) is 28.3. The van der Waals surface area contributed by atoms with E-state index in [0.29, 0.717) is 10.7 Å². The van der Waals surface area contributed by atoms with Gasteiger partial charge in [-0.1, -0.05) is 57.9 Å². The van der Waals surface area contributed by atoms with Crippen molar-refractivity contribution in [3.05, 3.63) is 93.9 Å². The van der Waals surface area contributed by atoms with Crippen molar-refractivity contribution in [3.8, 4) is 0 Å². The van der Waals surface area contributed by atoms with Crippen LogP contribution in [0.2, 0.25) is 5.02 Å². The minimum atomic E-state index is -4.13. The highest BCUT2D eigenvalue weighted by Crippen LogP contribution is 2.25. The van der Waals surface area contributed by atoms with E-state index in [1.807, 2.05) is 45.0 Å². The highest BCUT2D eigenvalue weighted by atomic mass is 79.9. The molecule has 0 aromatic heterocycles. The van der Waals surface area contributed by atoms with E-state index < -0.39 is 34.1 Å². The third kappa shape index (κ3) is 7.82. The Kier molecular flexibility index (Phi) is 9.62. The number of benzene rings is 3. The Bertz CT molecular complexity index is 1360. The van der Waals surface area contributed by atoms with E-state index in [-0.39, 0.29) is 17.3 Å². The monoisotopic (exact) mass is 619 g/mol. The first-order valence-electron chi connectivity index (χ1n) is 12.0. The van der Waals surface area contributed by atoms with Crippen molar-refractivity contribution in [2.75, 3.05) is 10.8 Å². The second kappa shape index (κ2) is 12.3. The second-order valence-electron chi connectivity index (χ2n) is 9.86. The predicted molar refractivity (Wildman–Crippen MR) is 154 cm³/mol. The first-order chi connectivity index (χ1) is 17.8. The molecule has 0 aliphatic carbocycles. The van der Waals surface area contributed by atoms with Crippen molar-refractivity contribution in [2.45, 2.75) is 50.7 Å². The molecule has 1 atom stereocenters. The summed E-state index contributed by atoms with van der Waals surface area (Å²) in [5, 5.41) is 3.30. The maximum absolute atomic E-state index is 13.9. The summed E-state index contributed by atoms with van der Waals surface area (Å²) in [5.74, 6) is -0.861. The number of carbonyl (C=O) groups is 2. The zero-order valence-corrected chi connectivity index (χ0v) is 24.8. The standard InChI is InChI=1S/C28H31BrClN3O4S/c1-20(27(35)31-28(2,3)4)32(18-21-10-12-22(29)13-11-21)26(34)19-33(24-8-6-5-7-9-24)38(36,37)25-16-14-23(30)15-17-25/h5-17,20H,18-19H2,1-4H3,(H,31,35)/t20-/m0/s1. The van der Waals surface area contributed by atoms with Crippen LogP contribution in [0.1, 0.15) is 33.3 Å². The SMILES string of the molecule is C[C@@H](C(=O)NC(C)(C)C)N(Cc1ccc(Br)cc1)C(=O)CN(c1ccccc1)S(=O)(=O)c1ccc(Cl)cc1. The van der Waals surface area contributed by atoms with Gasteiger partial charge >= 0.3 is 0 Å². The lowest BCUT2D eigenvalue weighted by atomic mass is 10.1. The topological polar surface area (TPSA) is 86.8 Å². The fraction of sp³-hybridized carbons (Fsp3) is 0.286. The van der Waals surface area contributed by atoms with Crippen LogP contribution in [0.15, 0.2) is 88.2 Å². The molecule has 1 N–H and O–H groups in total. The van der Waals surface area contributed by atoms with Crippen LogP contribution in [-0.2, 0) is 26.2 Å². The summed E-state index contributed by atoms with van der Waals surface area (Å²) < 4.78 is 29.4. The number of anilines is 1. The number of hydrogen-bond acceptors (Lipinski definition) is 4. The quantitative estimate of drug-likeness (QED) is 0.336. The van der Waals surface area contributed by atoms with Gasteiger partial charge in [-0.15, -0.1) is 0 Å². The predicted octanol–water partition coefficient (Wildman–Crippen LogP) is 5.63. The highest BCUT2D eigenvalue weighted by Gasteiger charge is 2.33. The molecule has 2 amide bonds. The molecule has 202 valence electrons. The van der Waals surface area contributed by atoms with E-state index in [0.717, 1.165) is 14.3 Å². The number of hydrogen-bond donors (Lipinski definition) is 1. The Morgan fingerprint density at radius 1 is 0.947 bits per heavy atom. The van der Waals surface area contributed by atoms with Gasteiger partial charge < -0.3 is 10.2 Å². The third-order valence-corrected chi connectivity index (χ3v) is 8.23. The van der Waals surface area contributed by atoms with Gasteiger partial charge in [-0.2, -0.15) is 0 Å². The lowest BCUT2D eigenvalue weighted by Gasteiger charge is -2.33. The zero-order chi connectivity index (χ0) is 28.1. The van der Waals surface area contributed by atoms with Gasteiger partial charge in [0.1, 0.15) is 12.6 Å². The average Bonchev–Trinajstić information content (AvgIpc) is 2.86. The molecule has 3 aromatic carbocycles. The van der Waals surface area contributed by atoms with E-state index in [1.165, 1.54) is 29.2 Å². The molecule has 10 heteroatoms. The van der Waals surface area contributed by atoms with Gasteiger partial charge in [-0.25, -0.2) is 8.42 Å². The first-order valence-corrected chi connectivity index (χ1v) is 14.6. The Labute approximate surface area is 238 Å². The van der Waals surface area contributed by atoms with Crippen LogP contribution < -0.4 is 9.62 Å². The smallest absolute Gasteiger partial charge is 0.264 e. The number of rotatable bonds is 9. The fourth-order valence-electron chi connectivity index (χ4n) is 3.70. The third-order valence-electron chi connectivity index (χ3n) is 5.66. The van der Waals surface area contributed by atoms with Crippen molar-refractivity contribution in [2.24, 2.45) is 0 Å². The van der Waals surface area contributed by atoms with Crippen LogP contribution in [-0.4, -0.2) is 43.3 Å². The minimum absolute atomic E-state index is 0.00321. The van der Waals surface area contributed by atoms with Crippen LogP contribution in [0.4, 0.5) is 5.69 Å². The number of carbonyl (C=O) groups excluding carboxylic acids is 2. The maximum atomic E-state index is 13.9. The molecule has 0 unspecified atom stereocenters. The molecule has 0 saturated heterocycles. The largest absolute Gasteiger partial charge is 0.350 e. The minimum Gasteiger partial charge on any atom is -0.350 e. The number of halogens is 2. The molecule has 38 heavy (non-hydrogen) atoms. The van der Waals surface area contributed by atoms with Gasteiger partial charge in [0.25, 0.3) is 10.0 Å². The molecule has 7 nitrogen and oxygen atoms in total. The molecule has 3 aromatic rings. The summed E-state index contributed by atoms with van der Waals surface area (Å²) in [6.45, 7) is 6.82. The van der Waals surface area contributed by atoms with Gasteiger partial charge in [0.2, 0.25) is 11.8 Å². The Morgan fingerprint density at radius 2 is 1.53 bits per heavy atom. The molecular formula is C28H31BrClN3O4S. The normalized spacial score (nSPS) is 12.5. The summed E-state index contributed by atoms with van der Waals surface area (Å²) in [6.07, 6.45) is 0. The first kappa shape index (κ1) is 29.7. The highest BCUT2D eigenvalue weighted by molar-refractivity contribution is 9.10. The summed E-state index contributed by atoms with van der Waals surface area (Å²) in [6, 6.07) is 20.7. The lowest BCUT2D eigenvalue weighted by Crippen LogP contribution is -2.54. The molecule has 0 aliphatic rings. The van der Waals surface area contributed by atoms with Gasteiger partial charge in [-0.3, -0.25) is 13.9 Å². The molecule has 0 radical (unpaired) electrons. The van der Waals surface area contributed by atoms with E-state index >= 15 is 0 Å². The number of nitrogens with one attached hydrogen (secondary N) is 1. The Balaban J connectivity index is 2.00. The summed E-state index contributed by atoms with van der Waals surface area (Å²) in [7, 11) is -4.13. The van der Waals surface area contributed by atoms with Crippen LogP contribution in [0.5, 0.6) is 0 Å². The second-order valence-corrected chi connectivity index (χ2v) is 13.1. The van der Waals surface area contributed by atoms with Crippen LogP contribution in [0.25, 0.3) is 0 Å². The number of sulfonamides is 1. The van der Waals surface area contributed by atoms with Crippen molar-refractivity contribution in [1.82, 2.24) is 10.2 Å². The van der Waals surface area contributed by atoms with Crippen molar-refractivity contribution in [3.63, 3.8) is 0 Å². The summed E-state index contributed by atoms with van der Waals surface area (Å²) in [5.41, 5.74) is 0.612. The molecule has 0 aliphatic heterocycles. The van der Waals surface area contributed by atoms with Crippen LogP contribution >= 0.6 is 27.5 Å². The van der Waals surface area contributed by atoms with E-state index in [4.69, 9.17) is 11.6 Å². The van der Waals surface area contributed by atoms with Crippen molar-refractivity contribution >= 4 is 55.1 Å². The van der Waals surface area contributed by atoms with E-state index in [1.54, 1.807) is 37.3 Å². The molecule has 0 bridgehead atoms. The van der Waals surface area contributed by atoms with Crippen LogP contribution in [0.3, 0.4) is 0 Å². The number of amides is 2. The molecule has 0 spiro atoms. The molecule has 0 saturated carbocycles. The van der Waals surface area contributed by atoms with Gasteiger partial charge in [-0.05, 0) is 81.8 Å². The Morgan fingerprint density at radius 3 is 2.08 bits per heavy atom. The molecule has 0 heterocycles. The van der Waals surface area contributed by atoms with Crippen molar-refractivity contribution < 1.29 is 18.0 Å². The van der Waals surface area contributed by atoms with Gasteiger partial charge in [0, 0.05) is 21.6 Å². The van der Waals surface area contributed by atoms with E-state index in [2.05, 4.69) is 21.2 Å². The molecular weight excluding hydrogens is 590 g/mol.